The van der Waals surface area contributed by atoms with Gasteiger partial charge in [-0.05, 0) is 42.7 Å². The first-order valence-electron chi connectivity index (χ1n) is 7.60. The second-order valence-electron chi connectivity index (χ2n) is 5.60. The summed E-state index contributed by atoms with van der Waals surface area (Å²) in [6.07, 6.45) is 2.21. The summed E-state index contributed by atoms with van der Waals surface area (Å²) in [4.78, 5) is 0. The molecule has 0 saturated carbocycles. The Bertz CT molecular complexity index is 368. The van der Waals surface area contributed by atoms with Crippen LogP contribution in [-0.2, 0) is 6.42 Å². The molecule has 0 aliphatic carbocycles. The molecule has 0 amide bonds. The minimum atomic E-state index is 0.523. The average Bonchev–Trinajstić information content (AvgIpc) is 2.44. The van der Waals surface area contributed by atoms with Gasteiger partial charge in [0, 0.05) is 11.8 Å². The number of thioether (sulfide) groups is 1. The van der Waals surface area contributed by atoms with Gasteiger partial charge < -0.3 is 10.1 Å². The SMILES string of the molecule is CCCNC(CSCC(C)C)Cc1ccccc1OC. The third-order valence-electron chi connectivity index (χ3n) is 3.11. The monoisotopic (exact) mass is 295 g/mol. The van der Waals surface area contributed by atoms with E-state index in [-0.39, 0.29) is 0 Å². The molecule has 3 heteroatoms. The van der Waals surface area contributed by atoms with Gasteiger partial charge in [-0.1, -0.05) is 39.0 Å². The van der Waals surface area contributed by atoms with Crippen LogP contribution in [0.1, 0.15) is 32.8 Å². The minimum absolute atomic E-state index is 0.523. The topological polar surface area (TPSA) is 21.3 Å². The maximum Gasteiger partial charge on any atom is 0.122 e. The molecule has 2 nitrogen and oxygen atoms in total. The Morgan fingerprint density at radius 1 is 1.20 bits per heavy atom. The van der Waals surface area contributed by atoms with E-state index in [2.05, 4.69) is 38.2 Å². The Morgan fingerprint density at radius 3 is 2.60 bits per heavy atom. The third kappa shape index (κ3) is 6.67. The van der Waals surface area contributed by atoms with Gasteiger partial charge in [-0.3, -0.25) is 0 Å². The highest BCUT2D eigenvalue weighted by molar-refractivity contribution is 7.99. The quantitative estimate of drug-likeness (QED) is 0.705. The van der Waals surface area contributed by atoms with Crippen LogP contribution in [-0.4, -0.2) is 31.2 Å². The average molecular weight is 295 g/mol. The van der Waals surface area contributed by atoms with Crippen LogP contribution < -0.4 is 10.1 Å². The van der Waals surface area contributed by atoms with Gasteiger partial charge >= 0.3 is 0 Å². The highest BCUT2D eigenvalue weighted by atomic mass is 32.2. The van der Waals surface area contributed by atoms with E-state index in [4.69, 9.17) is 4.74 Å². The van der Waals surface area contributed by atoms with Crippen molar-refractivity contribution in [2.75, 3.05) is 25.2 Å². The molecule has 1 rings (SSSR count). The fraction of sp³-hybridized carbons (Fsp3) is 0.647. The van der Waals surface area contributed by atoms with Crippen LogP contribution in [0.25, 0.3) is 0 Å². The van der Waals surface area contributed by atoms with Crippen molar-refractivity contribution in [3.63, 3.8) is 0 Å². The van der Waals surface area contributed by atoms with E-state index in [0.717, 1.165) is 30.4 Å². The fourth-order valence-electron chi connectivity index (χ4n) is 2.12. The van der Waals surface area contributed by atoms with Crippen molar-refractivity contribution in [3.8, 4) is 5.75 Å². The number of rotatable bonds is 10. The molecule has 1 atom stereocenters. The van der Waals surface area contributed by atoms with Crippen molar-refractivity contribution < 1.29 is 4.74 Å². The molecule has 1 unspecified atom stereocenters. The number of ether oxygens (including phenoxy) is 1. The zero-order chi connectivity index (χ0) is 14.8. The summed E-state index contributed by atoms with van der Waals surface area (Å²) >= 11 is 2.05. The first kappa shape index (κ1) is 17.4. The van der Waals surface area contributed by atoms with E-state index in [1.807, 2.05) is 23.9 Å². The lowest BCUT2D eigenvalue weighted by Crippen LogP contribution is -2.34. The van der Waals surface area contributed by atoms with E-state index in [1.165, 1.54) is 17.7 Å². The zero-order valence-corrected chi connectivity index (χ0v) is 14.1. The van der Waals surface area contributed by atoms with Gasteiger partial charge in [0.1, 0.15) is 5.75 Å². The Labute approximate surface area is 128 Å². The molecule has 0 saturated heterocycles. The second-order valence-corrected chi connectivity index (χ2v) is 6.67. The van der Waals surface area contributed by atoms with Gasteiger partial charge in [0.15, 0.2) is 0 Å². The molecule has 0 aliphatic heterocycles. The van der Waals surface area contributed by atoms with Gasteiger partial charge in [-0.2, -0.15) is 11.8 Å². The molecule has 0 heterocycles. The van der Waals surface area contributed by atoms with E-state index in [9.17, 15) is 0 Å². The van der Waals surface area contributed by atoms with Gasteiger partial charge in [0.25, 0.3) is 0 Å². The summed E-state index contributed by atoms with van der Waals surface area (Å²) in [6, 6.07) is 8.87. The number of benzene rings is 1. The lowest BCUT2D eigenvalue weighted by molar-refractivity contribution is 0.406. The van der Waals surface area contributed by atoms with Crippen LogP contribution in [0.15, 0.2) is 24.3 Å². The Morgan fingerprint density at radius 2 is 1.95 bits per heavy atom. The predicted octanol–water partition coefficient (Wildman–Crippen LogP) is 4.00. The maximum absolute atomic E-state index is 5.46. The molecule has 0 radical (unpaired) electrons. The smallest absolute Gasteiger partial charge is 0.122 e. The lowest BCUT2D eigenvalue weighted by Gasteiger charge is -2.20. The van der Waals surface area contributed by atoms with Crippen LogP contribution >= 0.6 is 11.8 Å². The Hall–Kier alpha value is -0.670. The molecule has 114 valence electrons. The third-order valence-corrected chi connectivity index (χ3v) is 4.65. The summed E-state index contributed by atoms with van der Waals surface area (Å²) in [5, 5.41) is 3.67. The van der Waals surface area contributed by atoms with Gasteiger partial charge in [-0.25, -0.2) is 0 Å². The lowest BCUT2D eigenvalue weighted by atomic mass is 10.1. The standard InChI is InChI=1S/C17H29NOS/c1-5-10-18-16(13-20-12-14(2)3)11-15-8-6-7-9-17(15)19-4/h6-9,14,16,18H,5,10-13H2,1-4H3. The Kier molecular flexibility index (Phi) is 8.79. The number of para-hydroxylation sites is 1. The van der Waals surface area contributed by atoms with Crippen molar-refractivity contribution >= 4 is 11.8 Å². The molecule has 1 aromatic rings. The molecule has 20 heavy (non-hydrogen) atoms. The highest BCUT2D eigenvalue weighted by Crippen LogP contribution is 2.20. The largest absolute Gasteiger partial charge is 0.496 e. The second kappa shape index (κ2) is 10.1. The van der Waals surface area contributed by atoms with Gasteiger partial charge in [-0.15, -0.1) is 0 Å². The summed E-state index contributed by atoms with van der Waals surface area (Å²) in [7, 11) is 1.75. The summed E-state index contributed by atoms with van der Waals surface area (Å²) in [5.74, 6) is 4.16. The van der Waals surface area contributed by atoms with E-state index >= 15 is 0 Å². The van der Waals surface area contributed by atoms with E-state index in [0.29, 0.717) is 6.04 Å². The predicted molar refractivity (Wildman–Crippen MR) is 90.9 cm³/mol. The molecule has 0 aliphatic rings. The maximum atomic E-state index is 5.46. The zero-order valence-electron chi connectivity index (χ0n) is 13.3. The molecular formula is C17H29NOS. The van der Waals surface area contributed by atoms with Crippen LogP contribution in [0.5, 0.6) is 5.75 Å². The molecule has 0 spiro atoms. The molecule has 0 fully saturated rings. The Balaban J connectivity index is 2.58. The normalized spacial score (nSPS) is 12.7. The molecule has 0 aromatic heterocycles. The fourth-order valence-corrected chi connectivity index (χ4v) is 3.25. The summed E-state index contributed by atoms with van der Waals surface area (Å²) in [6.45, 7) is 7.86. The van der Waals surface area contributed by atoms with Gasteiger partial charge in [0.2, 0.25) is 0 Å². The first-order valence-corrected chi connectivity index (χ1v) is 8.75. The van der Waals surface area contributed by atoms with E-state index < -0.39 is 0 Å². The van der Waals surface area contributed by atoms with Crippen LogP contribution in [0.3, 0.4) is 0 Å². The summed E-state index contributed by atoms with van der Waals surface area (Å²) < 4.78 is 5.46. The van der Waals surface area contributed by atoms with E-state index in [1.54, 1.807) is 7.11 Å². The minimum Gasteiger partial charge on any atom is -0.496 e. The number of nitrogens with one attached hydrogen (secondary N) is 1. The van der Waals surface area contributed by atoms with Crippen molar-refractivity contribution in [2.24, 2.45) is 5.92 Å². The van der Waals surface area contributed by atoms with Crippen LogP contribution in [0.4, 0.5) is 0 Å². The number of hydrogen-bond acceptors (Lipinski definition) is 3. The first-order chi connectivity index (χ1) is 9.67. The van der Waals surface area contributed by atoms with Gasteiger partial charge in [0.05, 0.1) is 7.11 Å². The molecular weight excluding hydrogens is 266 g/mol. The number of methoxy groups -OCH3 is 1. The molecule has 1 aromatic carbocycles. The highest BCUT2D eigenvalue weighted by Gasteiger charge is 2.12. The van der Waals surface area contributed by atoms with Crippen molar-refractivity contribution in [3.05, 3.63) is 29.8 Å². The summed E-state index contributed by atoms with van der Waals surface area (Å²) in [5.41, 5.74) is 1.30. The molecule has 0 bridgehead atoms. The number of hydrogen-bond donors (Lipinski definition) is 1. The van der Waals surface area contributed by atoms with Crippen molar-refractivity contribution in [2.45, 2.75) is 39.7 Å². The van der Waals surface area contributed by atoms with Crippen LogP contribution in [0, 0.1) is 5.92 Å². The van der Waals surface area contributed by atoms with Crippen molar-refractivity contribution in [1.82, 2.24) is 5.32 Å². The molecule has 1 N–H and O–H groups in total. The van der Waals surface area contributed by atoms with Crippen molar-refractivity contribution in [1.29, 1.82) is 0 Å². The van der Waals surface area contributed by atoms with Crippen LogP contribution in [0.2, 0.25) is 0 Å².